The van der Waals surface area contributed by atoms with Gasteiger partial charge in [-0.15, -0.1) is 0 Å². The summed E-state index contributed by atoms with van der Waals surface area (Å²) >= 11 is 6.25. The van der Waals surface area contributed by atoms with Crippen LogP contribution in [0.25, 0.3) is 0 Å². The van der Waals surface area contributed by atoms with Gasteiger partial charge in [0.1, 0.15) is 5.76 Å². The number of rotatable bonds is 5. The lowest BCUT2D eigenvalue weighted by Gasteiger charge is -2.12. The molecule has 0 aliphatic carbocycles. The first-order chi connectivity index (χ1) is 12.9. The van der Waals surface area contributed by atoms with Crippen molar-refractivity contribution >= 4 is 29.1 Å². The molecule has 0 spiro atoms. The maximum Gasteiger partial charge on any atom is 0.255 e. The monoisotopic (exact) mass is 382 g/mol. The molecule has 2 N–H and O–H groups in total. The van der Waals surface area contributed by atoms with Gasteiger partial charge in [0, 0.05) is 11.1 Å². The summed E-state index contributed by atoms with van der Waals surface area (Å²) in [6, 6.07) is 13.8. The lowest BCUT2D eigenvalue weighted by Crippen LogP contribution is -2.23. The van der Waals surface area contributed by atoms with E-state index in [4.69, 9.17) is 16.0 Å². The van der Waals surface area contributed by atoms with E-state index in [0.717, 1.165) is 11.1 Å². The van der Waals surface area contributed by atoms with Crippen LogP contribution in [0.3, 0.4) is 0 Å². The molecule has 138 valence electrons. The van der Waals surface area contributed by atoms with Crippen LogP contribution in [-0.2, 0) is 6.54 Å². The number of halogens is 1. The molecule has 3 rings (SSSR count). The Kier molecular flexibility index (Phi) is 5.62. The van der Waals surface area contributed by atoms with E-state index in [2.05, 4.69) is 10.6 Å². The van der Waals surface area contributed by atoms with Gasteiger partial charge in [-0.3, -0.25) is 9.59 Å². The van der Waals surface area contributed by atoms with Crippen LogP contribution in [0.15, 0.2) is 59.2 Å². The Hall–Kier alpha value is -3.05. The topological polar surface area (TPSA) is 71.3 Å². The molecule has 0 bridgehead atoms. The van der Waals surface area contributed by atoms with Crippen molar-refractivity contribution in [1.82, 2.24) is 5.32 Å². The van der Waals surface area contributed by atoms with Crippen LogP contribution < -0.4 is 10.6 Å². The van der Waals surface area contributed by atoms with E-state index in [1.54, 1.807) is 48.7 Å². The number of amides is 2. The third kappa shape index (κ3) is 4.57. The predicted molar refractivity (Wildman–Crippen MR) is 105 cm³/mol. The van der Waals surface area contributed by atoms with E-state index in [0.29, 0.717) is 27.6 Å². The summed E-state index contributed by atoms with van der Waals surface area (Å²) in [6.45, 7) is 4.10. The van der Waals surface area contributed by atoms with Crippen molar-refractivity contribution in [1.29, 1.82) is 0 Å². The van der Waals surface area contributed by atoms with Crippen LogP contribution >= 0.6 is 11.6 Å². The molecule has 0 atom stereocenters. The molecule has 0 unspecified atom stereocenters. The van der Waals surface area contributed by atoms with Crippen LogP contribution in [0.1, 0.15) is 37.6 Å². The second-order valence-electron chi connectivity index (χ2n) is 6.24. The van der Waals surface area contributed by atoms with Crippen LogP contribution in [0.4, 0.5) is 5.69 Å². The van der Waals surface area contributed by atoms with E-state index in [-0.39, 0.29) is 18.4 Å². The zero-order valence-electron chi connectivity index (χ0n) is 15.0. The number of furan rings is 1. The average molecular weight is 383 g/mol. The standard InChI is InChI=1S/C21H19ClN2O3/c1-13-9-14(2)19(18(22)10-13)24-21(26)16-6-3-5-15(11-16)20(25)23-12-17-7-4-8-27-17/h3-11H,12H2,1-2H3,(H,23,25)(H,24,26). The molecule has 6 heteroatoms. The van der Waals surface area contributed by atoms with Crippen LogP contribution in [-0.4, -0.2) is 11.8 Å². The molecule has 2 amide bonds. The number of aryl methyl sites for hydroxylation is 2. The lowest BCUT2D eigenvalue weighted by atomic mass is 10.1. The Morgan fingerprint density at radius 1 is 1.00 bits per heavy atom. The summed E-state index contributed by atoms with van der Waals surface area (Å²) in [6.07, 6.45) is 1.55. The molecular weight excluding hydrogens is 364 g/mol. The minimum atomic E-state index is -0.329. The predicted octanol–water partition coefficient (Wildman–Crippen LogP) is 4.73. The van der Waals surface area contributed by atoms with Crippen LogP contribution in [0, 0.1) is 13.8 Å². The van der Waals surface area contributed by atoms with E-state index in [1.807, 2.05) is 19.9 Å². The number of hydrogen-bond donors (Lipinski definition) is 2. The number of carbonyl (C=O) groups is 2. The number of benzene rings is 2. The van der Waals surface area contributed by atoms with Gasteiger partial charge in [0.25, 0.3) is 11.8 Å². The molecule has 0 fully saturated rings. The fourth-order valence-corrected chi connectivity index (χ4v) is 3.11. The first kappa shape index (κ1) is 18.7. The molecule has 27 heavy (non-hydrogen) atoms. The van der Waals surface area contributed by atoms with E-state index >= 15 is 0 Å². The summed E-state index contributed by atoms with van der Waals surface area (Å²) < 4.78 is 5.19. The minimum Gasteiger partial charge on any atom is -0.467 e. The number of nitrogens with one attached hydrogen (secondary N) is 2. The first-order valence-corrected chi connectivity index (χ1v) is 8.80. The van der Waals surface area contributed by atoms with E-state index in [9.17, 15) is 9.59 Å². The van der Waals surface area contributed by atoms with Gasteiger partial charge in [-0.1, -0.05) is 23.7 Å². The van der Waals surface area contributed by atoms with E-state index < -0.39 is 0 Å². The van der Waals surface area contributed by atoms with Gasteiger partial charge >= 0.3 is 0 Å². The highest BCUT2D eigenvalue weighted by Gasteiger charge is 2.14. The third-order valence-corrected chi connectivity index (χ3v) is 4.36. The van der Waals surface area contributed by atoms with Gasteiger partial charge in [0.2, 0.25) is 0 Å². The van der Waals surface area contributed by atoms with Crippen molar-refractivity contribution < 1.29 is 14.0 Å². The van der Waals surface area contributed by atoms with Crippen molar-refractivity contribution in [2.75, 3.05) is 5.32 Å². The molecular formula is C21H19ClN2O3. The van der Waals surface area contributed by atoms with Gasteiger partial charge in [0.15, 0.2) is 0 Å². The van der Waals surface area contributed by atoms with Crippen molar-refractivity contribution in [3.8, 4) is 0 Å². The van der Waals surface area contributed by atoms with Crippen molar-refractivity contribution in [3.63, 3.8) is 0 Å². The highest BCUT2D eigenvalue weighted by Crippen LogP contribution is 2.27. The Morgan fingerprint density at radius 2 is 1.74 bits per heavy atom. The van der Waals surface area contributed by atoms with Crippen LogP contribution in [0.5, 0.6) is 0 Å². The molecule has 2 aromatic carbocycles. The summed E-state index contributed by atoms with van der Waals surface area (Å²) in [5.41, 5.74) is 3.23. The Balaban J connectivity index is 1.73. The molecule has 3 aromatic rings. The summed E-state index contributed by atoms with van der Waals surface area (Å²) in [4.78, 5) is 24.9. The van der Waals surface area contributed by atoms with Gasteiger partial charge in [0.05, 0.1) is 23.5 Å². The summed E-state index contributed by atoms with van der Waals surface area (Å²) in [5, 5.41) is 6.06. The Labute approximate surface area is 162 Å². The quantitative estimate of drug-likeness (QED) is 0.670. The largest absolute Gasteiger partial charge is 0.467 e. The molecule has 0 aliphatic rings. The maximum absolute atomic E-state index is 12.6. The molecule has 0 aliphatic heterocycles. The zero-order chi connectivity index (χ0) is 19.4. The first-order valence-electron chi connectivity index (χ1n) is 8.43. The SMILES string of the molecule is Cc1cc(C)c(NC(=O)c2cccc(C(=O)NCc3ccco3)c2)c(Cl)c1. The molecule has 1 heterocycles. The summed E-state index contributed by atoms with van der Waals surface area (Å²) in [5.74, 6) is 0.0388. The number of carbonyl (C=O) groups excluding carboxylic acids is 2. The number of hydrogen-bond acceptors (Lipinski definition) is 3. The average Bonchev–Trinajstić information content (AvgIpc) is 3.16. The molecule has 0 radical (unpaired) electrons. The Bertz CT molecular complexity index is 958. The lowest BCUT2D eigenvalue weighted by molar-refractivity contribution is 0.0948. The molecule has 1 aromatic heterocycles. The smallest absolute Gasteiger partial charge is 0.255 e. The highest BCUT2D eigenvalue weighted by molar-refractivity contribution is 6.34. The number of anilines is 1. The Morgan fingerprint density at radius 3 is 2.41 bits per heavy atom. The van der Waals surface area contributed by atoms with Gasteiger partial charge < -0.3 is 15.1 Å². The second kappa shape index (κ2) is 8.10. The fraction of sp³-hybridized carbons (Fsp3) is 0.143. The third-order valence-electron chi connectivity index (χ3n) is 4.06. The fourth-order valence-electron chi connectivity index (χ4n) is 2.74. The van der Waals surface area contributed by atoms with Crippen molar-refractivity contribution in [2.24, 2.45) is 0 Å². The second-order valence-corrected chi connectivity index (χ2v) is 6.64. The maximum atomic E-state index is 12.6. The van der Waals surface area contributed by atoms with Gasteiger partial charge in [-0.2, -0.15) is 0 Å². The van der Waals surface area contributed by atoms with Gasteiger partial charge in [-0.25, -0.2) is 0 Å². The van der Waals surface area contributed by atoms with Crippen molar-refractivity contribution in [3.05, 3.63) is 87.8 Å². The zero-order valence-corrected chi connectivity index (χ0v) is 15.8. The normalized spacial score (nSPS) is 10.5. The highest BCUT2D eigenvalue weighted by atomic mass is 35.5. The van der Waals surface area contributed by atoms with Crippen LogP contribution in [0.2, 0.25) is 5.02 Å². The molecule has 5 nitrogen and oxygen atoms in total. The molecule has 0 saturated heterocycles. The summed E-state index contributed by atoms with van der Waals surface area (Å²) in [7, 11) is 0. The minimum absolute atomic E-state index is 0.278. The van der Waals surface area contributed by atoms with Gasteiger partial charge in [-0.05, 0) is 61.4 Å². The molecule has 0 saturated carbocycles. The van der Waals surface area contributed by atoms with Crippen molar-refractivity contribution in [2.45, 2.75) is 20.4 Å². The van der Waals surface area contributed by atoms with E-state index in [1.165, 1.54) is 0 Å².